The van der Waals surface area contributed by atoms with Crippen molar-refractivity contribution in [3.8, 4) is 0 Å². The molecule has 1 aliphatic heterocycles. The van der Waals surface area contributed by atoms with Gasteiger partial charge in [0, 0.05) is 13.1 Å². The summed E-state index contributed by atoms with van der Waals surface area (Å²) < 4.78 is 10.4. The third-order valence-electron chi connectivity index (χ3n) is 4.19. The van der Waals surface area contributed by atoms with E-state index >= 15 is 0 Å². The molecule has 130 valence electrons. The van der Waals surface area contributed by atoms with Gasteiger partial charge >= 0.3 is 12.1 Å². The SMILES string of the molecule is CCOC(=O)c1ccc2c(c1)CCN(C(=O)OCc1ccccc1)C2. The first-order valence-electron chi connectivity index (χ1n) is 8.42. The molecule has 0 radical (unpaired) electrons. The average molecular weight is 339 g/mol. The second-order valence-corrected chi connectivity index (χ2v) is 5.92. The Morgan fingerprint density at radius 1 is 1.04 bits per heavy atom. The zero-order chi connectivity index (χ0) is 17.6. The maximum absolute atomic E-state index is 12.3. The van der Waals surface area contributed by atoms with Gasteiger partial charge in [0.15, 0.2) is 0 Å². The van der Waals surface area contributed by atoms with E-state index in [1.54, 1.807) is 17.9 Å². The number of ether oxygens (including phenoxy) is 2. The van der Waals surface area contributed by atoms with Crippen LogP contribution in [-0.4, -0.2) is 30.1 Å². The third kappa shape index (κ3) is 4.18. The highest BCUT2D eigenvalue weighted by atomic mass is 16.6. The lowest BCUT2D eigenvalue weighted by Crippen LogP contribution is -2.36. The number of carbonyl (C=O) groups is 2. The van der Waals surface area contributed by atoms with Crippen LogP contribution in [-0.2, 0) is 29.0 Å². The van der Waals surface area contributed by atoms with E-state index in [1.807, 2.05) is 42.5 Å². The number of esters is 1. The van der Waals surface area contributed by atoms with E-state index in [1.165, 1.54) is 0 Å². The Balaban J connectivity index is 1.61. The monoisotopic (exact) mass is 339 g/mol. The van der Waals surface area contributed by atoms with Gasteiger partial charge < -0.3 is 14.4 Å². The van der Waals surface area contributed by atoms with Crippen LogP contribution in [0.5, 0.6) is 0 Å². The molecular weight excluding hydrogens is 318 g/mol. The number of hydrogen-bond donors (Lipinski definition) is 0. The van der Waals surface area contributed by atoms with E-state index in [2.05, 4.69) is 0 Å². The highest BCUT2D eigenvalue weighted by molar-refractivity contribution is 5.89. The maximum atomic E-state index is 12.3. The summed E-state index contributed by atoms with van der Waals surface area (Å²) in [6, 6.07) is 15.1. The molecule has 0 spiro atoms. The lowest BCUT2D eigenvalue weighted by molar-refractivity contribution is 0.0525. The minimum Gasteiger partial charge on any atom is -0.462 e. The van der Waals surface area contributed by atoms with E-state index in [0.29, 0.717) is 31.7 Å². The molecule has 0 saturated carbocycles. The van der Waals surface area contributed by atoms with Gasteiger partial charge in [0.1, 0.15) is 6.61 Å². The Morgan fingerprint density at radius 3 is 2.60 bits per heavy atom. The van der Waals surface area contributed by atoms with Crippen molar-refractivity contribution >= 4 is 12.1 Å². The van der Waals surface area contributed by atoms with Crippen molar-refractivity contribution in [2.45, 2.75) is 26.5 Å². The van der Waals surface area contributed by atoms with E-state index < -0.39 is 0 Å². The largest absolute Gasteiger partial charge is 0.462 e. The van der Waals surface area contributed by atoms with Crippen LogP contribution in [0.1, 0.15) is 34.0 Å². The van der Waals surface area contributed by atoms with Crippen LogP contribution in [0.4, 0.5) is 4.79 Å². The minimum atomic E-state index is -0.316. The molecule has 1 aliphatic rings. The van der Waals surface area contributed by atoms with Gasteiger partial charge in [0.05, 0.1) is 12.2 Å². The van der Waals surface area contributed by atoms with Gasteiger partial charge in [-0.25, -0.2) is 9.59 Å². The summed E-state index contributed by atoms with van der Waals surface area (Å²) in [5, 5.41) is 0. The molecular formula is C20H21NO4. The van der Waals surface area contributed by atoms with E-state index in [-0.39, 0.29) is 18.7 Å². The highest BCUT2D eigenvalue weighted by Gasteiger charge is 2.23. The summed E-state index contributed by atoms with van der Waals surface area (Å²) in [7, 11) is 0. The van der Waals surface area contributed by atoms with Crippen LogP contribution in [0.3, 0.4) is 0 Å². The lowest BCUT2D eigenvalue weighted by atomic mass is 9.97. The number of hydrogen-bond acceptors (Lipinski definition) is 4. The molecule has 0 aliphatic carbocycles. The van der Waals surface area contributed by atoms with Crippen molar-refractivity contribution in [2.75, 3.05) is 13.2 Å². The third-order valence-corrected chi connectivity index (χ3v) is 4.19. The average Bonchev–Trinajstić information content (AvgIpc) is 2.66. The number of nitrogens with zero attached hydrogens (tertiary/aromatic N) is 1. The van der Waals surface area contributed by atoms with Gasteiger partial charge in [-0.3, -0.25) is 0 Å². The number of benzene rings is 2. The molecule has 3 rings (SSSR count). The predicted molar refractivity (Wildman–Crippen MR) is 93.1 cm³/mol. The van der Waals surface area contributed by atoms with Crippen LogP contribution >= 0.6 is 0 Å². The molecule has 0 saturated heterocycles. The molecule has 0 N–H and O–H groups in total. The molecule has 5 nitrogen and oxygen atoms in total. The zero-order valence-electron chi connectivity index (χ0n) is 14.2. The first-order chi connectivity index (χ1) is 12.2. The van der Waals surface area contributed by atoms with Gasteiger partial charge in [-0.05, 0) is 42.2 Å². The lowest BCUT2D eigenvalue weighted by Gasteiger charge is -2.28. The van der Waals surface area contributed by atoms with Crippen molar-refractivity contribution in [3.63, 3.8) is 0 Å². The number of carbonyl (C=O) groups excluding carboxylic acids is 2. The molecule has 25 heavy (non-hydrogen) atoms. The maximum Gasteiger partial charge on any atom is 0.410 e. The quantitative estimate of drug-likeness (QED) is 0.799. The summed E-state index contributed by atoms with van der Waals surface area (Å²) in [6.45, 7) is 3.48. The topological polar surface area (TPSA) is 55.8 Å². The van der Waals surface area contributed by atoms with Gasteiger partial charge in [0.2, 0.25) is 0 Å². The van der Waals surface area contributed by atoms with Gasteiger partial charge in [-0.15, -0.1) is 0 Å². The number of rotatable bonds is 4. The summed E-state index contributed by atoms with van der Waals surface area (Å²) in [5.41, 5.74) is 3.64. The molecule has 0 atom stereocenters. The molecule has 0 aromatic heterocycles. The summed E-state index contributed by atoms with van der Waals surface area (Å²) in [6.07, 6.45) is 0.382. The van der Waals surface area contributed by atoms with Crippen LogP contribution in [0.2, 0.25) is 0 Å². The Bertz CT molecular complexity index is 758. The van der Waals surface area contributed by atoms with E-state index in [9.17, 15) is 9.59 Å². The molecule has 0 unspecified atom stereocenters. The minimum absolute atomic E-state index is 0.269. The number of amides is 1. The first kappa shape index (κ1) is 17.0. The molecule has 1 amide bonds. The second-order valence-electron chi connectivity index (χ2n) is 5.92. The first-order valence-corrected chi connectivity index (χ1v) is 8.42. The Labute approximate surface area is 147 Å². The van der Waals surface area contributed by atoms with Crippen LogP contribution < -0.4 is 0 Å². The Hall–Kier alpha value is -2.82. The van der Waals surface area contributed by atoms with Crippen molar-refractivity contribution < 1.29 is 19.1 Å². The molecule has 0 fully saturated rings. The fourth-order valence-electron chi connectivity index (χ4n) is 2.86. The Kier molecular flexibility index (Phi) is 5.33. The van der Waals surface area contributed by atoms with Gasteiger partial charge in [-0.2, -0.15) is 0 Å². The van der Waals surface area contributed by atoms with Crippen molar-refractivity contribution in [3.05, 3.63) is 70.8 Å². The fourth-order valence-corrected chi connectivity index (χ4v) is 2.86. The Morgan fingerprint density at radius 2 is 1.84 bits per heavy atom. The standard InChI is InChI=1S/C20H21NO4/c1-2-24-19(22)17-8-9-18-13-21(11-10-16(18)12-17)20(23)25-14-15-6-4-3-5-7-15/h3-9,12H,2,10-11,13-14H2,1H3. The highest BCUT2D eigenvalue weighted by Crippen LogP contribution is 2.21. The summed E-state index contributed by atoms with van der Waals surface area (Å²) in [5.74, 6) is -0.310. The van der Waals surface area contributed by atoms with Crippen molar-refractivity contribution in [2.24, 2.45) is 0 Å². The molecule has 5 heteroatoms. The smallest absolute Gasteiger partial charge is 0.410 e. The van der Waals surface area contributed by atoms with Crippen LogP contribution in [0, 0.1) is 0 Å². The van der Waals surface area contributed by atoms with Crippen LogP contribution in [0.15, 0.2) is 48.5 Å². The number of fused-ring (bicyclic) bond motifs is 1. The summed E-state index contributed by atoms with van der Waals surface area (Å²) in [4.78, 5) is 25.8. The fraction of sp³-hybridized carbons (Fsp3) is 0.300. The van der Waals surface area contributed by atoms with E-state index in [4.69, 9.17) is 9.47 Å². The molecule has 1 heterocycles. The molecule has 0 bridgehead atoms. The second kappa shape index (κ2) is 7.83. The zero-order valence-corrected chi connectivity index (χ0v) is 14.2. The van der Waals surface area contributed by atoms with Gasteiger partial charge in [0.25, 0.3) is 0 Å². The molecule has 2 aromatic rings. The van der Waals surface area contributed by atoms with Crippen molar-refractivity contribution in [1.82, 2.24) is 4.90 Å². The van der Waals surface area contributed by atoms with E-state index in [0.717, 1.165) is 16.7 Å². The molecule has 2 aromatic carbocycles. The van der Waals surface area contributed by atoms with Crippen LogP contribution in [0.25, 0.3) is 0 Å². The predicted octanol–water partition coefficient (Wildman–Crippen LogP) is 3.56. The van der Waals surface area contributed by atoms with Crippen molar-refractivity contribution in [1.29, 1.82) is 0 Å². The summed E-state index contributed by atoms with van der Waals surface area (Å²) >= 11 is 0. The normalized spacial score (nSPS) is 13.1. The van der Waals surface area contributed by atoms with Gasteiger partial charge in [-0.1, -0.05) is 36.4 Å².